The van der Waals surface area contributed by atoms with Crippen molar-refractivity contribution in [3.05, 3.63) is 82.8 Å². The number of rotatable bonds is 4. The van der Waals surface area contributed by atoms with Gasteiger partial charge in [-0.1, -0.05) is 54.6 Å². The molecule has 1 aromatic heterocycles. The maximum atomic E-state index is 13.4. The first kappa shape index (κ1) is 19.7. The molecule has 0 amide bonds. The van der Waals surface area contributed by atoms with Crippen LogP contribution in [0, 0.1) is 0 Å². The van der Waals surface area contributed by atoms with Crippen LogP contribution in [-0.2, 0) is 6.42 Å². The molecule has 3 aromatic carbocycles. The predicted molar refractivity (Wildman–Crippen MR) is 124 cm³/mol. The minimum atomic E-state index is -0.800. The third kappa shape index (κ3) is 3.58. The van der Waals surface area contributed by atoms with E-state index in [0.717, 1.165) is 47.8 Å². The number of imidazole rings is 1. The lowest BCUT2D eigenvalue weighted by atomic mass is 10.0. The van der Waals surface area contributed by atoms with Gasteiger partial charge in [0.1, 0.15) is 0 Å². The fourth-order valence-corrected chi connectivity index (χ4v) is 4.67. The average molecular weight is 415 g/mol. The zero-order valence-corrected chi connectivity index (χ0v) is 17.3. The van der Waals surface area contributed by atoms with Gasteiger partial charge in [-0.05, 0) is 60.8 Å². The van der Waals surface area contributed by atoms with Gasteiger partial charge in [0.2, 0.25) is 0 Å². The van der Waals surface area contributed by atoms with Gasteiger partial charge in [-0.25, -0.2) is 9.36 Å². The summed E-state index contributed by atoms with van der Waals surface area (Å²) in [7, 11) is 0. The molecule has 5 rings (SSSR count). The molecule has 0 radical (unpaired) electrons. The van der Waals surface area contributed by atoms with E-state index in [2.05, 4.69) is 17.4 Å². The van der Waals surface area contributed by atoms with Crippen molar-refractivity contribution in [1.29, 1.82) is 0 Å². The average Bonchev–Trinajstić information content (AvgIpc) is 3.10. The molecule has 4 aromatic rings. The number of hydrogen-bond acceptors (Lipinski definition) is 4. The van der Waals surface area contributed by atoms with Crippen LogP contribution in [0.4, 0.5) is 0 Å². The molecule has 1 fully saturated rings. The van der Waals surface area contributed by atoms with E-state index in [-0.39, 0.29) is 17.6 Å². The highest BCUT2D eigenvalue weighted by atomic mass is 16.2. The van der Waals surface area contributed by atoms with Crippen LogP contribution in [0.25, 0.3) is 21.8 Å². The fourth-order valence-electron chi connectivity index (χ4n) is 4.67. The standard InChI is InChI=1S/C25H26N4O2/c26-21(16-17-9-10-18-5-1-2-6-19(18)15-17)24(30)29-23-8-4-3-7-22(23)28(25(29)31)20-11-13-27-14-12-20/h1-10,15,20-21,27H,11-14,16,26H2. The molecule has 0 spiro atoms. The van der Waals surface area contributed by atoms with E-state index in [1.807, 2.05) is 54.6 Å². The Morgan fingerprint density at radius 2 is 1.65 bits per heavy atom. The van der Waals surface area contributed by atoms with Crippen molar-refractivity contribution in [2.75, 3.05) is 13.1 Å². The Kier molecular flexibility index (Phi) is 5.18. The summed E-state index contributed by atoms with van der Waals surface area (Å²) in [6, 6.07) is 21.0. The zero-order valence-electron chi connectivity index (χ0n) is 17.3. The maximum absolute atomic E-state index is 13.4. The van der Waals surface area contributed by atoms with Gasteiger partial charge in [-0.2, -0.15) is 0 Å². The van der Waals surface area contributed by atoms with Crippen LogP contribution in [0.15, 0.2) is 71.5 Å². The molecule has 31 heavy (non-hydrogen) atoms. The van der Waals surface area contributed by atoms with Crippen molar-refractivity contribution in [2.45, 2.75) is 31.3 Å². The largest absolute Gasteiger partial charge is 0.336 e. The third-order valence-electron chi connectivity index (χ3n) is 6.26. The van der Waals surface area contributed by atoms with Gasteiger partial charge in [-0.3, -0.25) is 9.36 Å². The Balaban J connectivity index is 1.50. The number of carbonyl (C=O) groups is 1. The second kappa shape index (κ2) is 8.13. The normalized spacial score (nSPS) is 16.0. The molecule has 158 valence electrons. The monoisotopic (exact) mass is 414 g/mol. The fraction of sp³-hybridized carbons (Fsp3) is 0.280. The summed E-state index contributed by atoms with van der Waals surface area (Å²) < 4.78 is 3.07. The second-order valence-electron chi connectivity index (χ2n) is 8.29. The lowest BCUT2D eigenvalue weighted by Crippen LogP contribution is -2.42. The van der Waals surface area contributed by atoms with Gasteiger partial charge in [0.05, 0.1) is 17.1 Å². The lowest BCUT2D eigenvalue weighted by molar-refractivity contribution is 0.0878. The van der Waals surface area contributed by atoms with E-state index < -0.39 is 6.04 Å². The summed E-state index contributed by atoms with van der Waals surface area (Å²) in [5.41, 5.74) is 8.47. The SMILES string of the molecule is NC(Cc1ccc2ccccc2c1)C(=O)n1c(=O)n(C2CCNCC2)c2ccccc21. The molecule has 1 aliphatic heterocycles. The Morgan fingerprint density at radius 3 is 2.42 bits per heavy atom. The highest BCUT2D eigenvalue weighted by Gasteiger charge is 2.27. The zero-order chi connectivity index (χ0) is 21.4. The van der Waals surface area contributed by atoms with Crippen LogP contribution >= 0.6 is 0 Å². The molecule has 6 heteroatoms. The number of piperidine rings is 1. The van der Waals surface area contributed by atoms with Gasteiger partial charge in [0, 0.05) is 6.04 Å². The van der Waals surface area contributed by atoms with Gasteiger partial charge in [0.25, 0.3) is 5.91 Å². The van der Waals surface area contributed by atoms with Crippen molar-refractivity contribution in [1.82, 2.24) is 14.5 Å². The molecule has 3 N–H and O–H groups in total. The molecule has 1 atom stereocenters. The minimum absolute atomic E-state index is 0.0874. The smallest absolute Gasteiger partial charge is 0.320 e. The number of nitrogens with two attached hydrogens (primary N) is 1. The van der Waals surface area contributed by atoms with E-state index in [1.54, 1.807) is 4.57 Å². The number of nitrogens with zero attached hydrogens (tertiary/aromatic N) is 2. The molecule has 0 saturated carbocycles. The van der Waals surface area contributed by atoms with Gasteiger partial charge in [0.15, 0.2) is 0 Å². The minimum Gasteiger partial charge on any atom is -0.320 e. The Labute approximate surface area is 180 Å². The van der Waals surface area contributed by atoms with Crippen LogP contribution in [0.2, 0.25) is 0 Å². The molecule has 1 saturated heterocycles. The van der Waals surface area contributed by atoms with Crippen molar-refractivity contribution < 1.29 is 4.79 Å². The van der Waals surface area contributed by atoms with Crippen molar-refractivity contribution in [3.8, 4) is 0 Å². The summed E-state index contributed by atoms with van der Waals surface area (Å²) in [5.74, 6) is -0.359. The summed E-state index contributed by atoms with van der Waals surface area (Å²) in [6.07, 6.45) is 2.11. The highest BCUT2D eigenvalue weighted by molar-refractivity contribution is 5.93. The molecule has 2 heterocycles. The van der Waals surface area contributed by atoms with Crippen LogP contribution in [-0.4, -0.2) is 34.2 Å². The molecule has 6 nitrogen and oxygen atoms in total. The Bertz CT molecular complexity index is 1310. The van der Waals surface area contributed by atoms with Crippen LogP contribution in [0.3, 0.4) is 0 Å². The Hall–Kier alpha value is -3.22. The summed E-state index contributed by atoms with van der Waals surface area (Å²) in [4.78, 5) is 26.7. The topological polar surface area (TPSA) is 82.1 Å². The van der Waals surface area contributed by atoms with Crippen molar-refractivity contribution >= 4 is 27.7 Å². The quantitative estimate of drug-likeness (QED) is 0.538. The number of carbonyl (C=O) groups excluding carboxylic acids is 1. The first-order chi connectivity index (χ1) is 15.1. The third-order valence-corrected chi connectivity index (χ3v) is 6.26. The maximum Gasteiger partial charge on any atom is 0.336 e. The van der Waals surface area contributed by atoms with Gasteiger partial charge < -0.3 is 11.1 Å². The van der Waals surface area contributed by atoms with Gasteiger partial charge >= 0.3 is 5.69 Å². The molecule has 0 bridgehead atoms. The molecular weight excluding hydrogens is 388 g/mol. The molecule has 1 aliphatic rings. The lowest BCUT2D eigenvalue weighted by Gasteiger charge is -2.23. The predicted octanol–water partition coefficient (Wildman–Crippen LogP) is 3.09. The second-order valence-corrected chi connectivity index (χ2v) is 8.29. The van der Waals surface area contributed by atoms with Gasteiger partial charge in [-0.15, -0.1) is 0 Å². The van der Waals surface area contributed by atoms with Crippen LogP contribution in [0.5, 0.6) is 0 Å². The van der Waals surface area contributed by atoms with Crippen molar-refractivity contribution in [2.24, 2.45) is 5.73 Å². The molecule has 1 unspecified atom stereocenters. The summed E-state index contributed by atoms with van der Waals surface area (Å²) in [6.45, 7) is 1.73. The first-order valence-electron chi connectivity index (χ1n) is 10.8. The number of benzene rings is 3. The number of para-hydroxylation sites is 2. The number of aromatic nitrogens is 2. The van der Waals surface area contributed by atoms with E-state index in [4.69, 9.17) is 5.73 Å². The number of fused-ring (bicyclic) bond motifs is 2. The van der Waals surface area contributed by atoms with E-state index in [0.29, 0.717) is 11.9 Å². The molecule has 0 aliphatic carbocycles. The first-order valence-corrected chi connectivity index (χ1v) is 10.8. The van der Waals surface area contributed by atoms with E-state index in [1.165, 1.54) is 4.57 Å². The van der Waals surface area contributed by atoms with E-state index in [9.17, 15) is 9.59 Å². The Morgan fingerprint density at radius 1 is 0.968 bits per heavy atom. The summed E-state index contributed by atoms with van der Waals surface area (Å²) in [5, 5.41) is 5.59. The summed E-state index contributed by atoms with van der Waals surface area (Å²) >= 11 is 0. The number of nitrogens with one attached hydrogen (secondary N) is 1. The van der Waals surface area contributed by atoms with Crippen LogP contribution in [0.1, 0.15) is 29.2 Å². The van der Waals surface area contributed by atoms with E-state index >= 15 is 0 Å². The van der Waals surface area contributed by atoms with Crippen molar-refractivity contribution in [3.63, 3.8) is 0 Å². The highest BCUT2D eigenvalue weighted by Crippen LogP contribution is 2.24. The molecular formula is C25H26N4O2. The number of hydrogen-bond donors (Lipinski definition) is 2. The van der Waals surface area contributed by atoms with Crippen LogP contribution < -0.4 is 16.7 Å².